The van der Waals surface area contributed by atoms with Crippen LogP contribution in [0.15, 0.2) is 36.4 Å². The summed E-state index contributed by atoms with van der Waals surface area (Å²) >= 11 is 0. The molecule has 2 rings (SSSR count). The highest BCUT2D eigenvalue weighted by molar-refractivity contribution is 6.03. The molecule has 0 spiro atoms. The molecule has 1 aliphatic rings. The van der Waals surface area contributed by atoms with Crippen molar-refractivity contribution in [2.24, 2.45) is 0 Å². The predicted molar refractivity (Wildman–Crippen MR) is 79.4 cm³/mol. The molecule has 0 aliphatic carbocycles. The van der Waals surface area contributed by atoms with Crippen LogP contribution in [0.2, 0.25) is 0 Å². The van der Waals surface area contributed by atoms with Gasteiger partial charge in [-0.3, -0.25) is 9.59 Å². The maximum absolute atomic E-state index is 11.9. The molecule has 1 heterocycles. The van der Waals surface area contributed by atoms with Crippen molar-refractivity contribution >= 4 is 17.5 Å². The van der Waals surface area contributed by atoms with Gasteiger partial charge in [-0.1, -0.05) is 12.1 Å². The van der Waals surface area contributed by atoms with Gasteiger partial charge in [-0.15, -0.1) is 0 Å². The number of anilines is 1. The van der Waals surface area contributed by atoms with Crippen molar-refractivity contribution in [2.45, 2.75) is 26.2 Å². The van der Waals surface area contributed by atoms with Gasteiger partial charge in [-0.25, -0.2) is 0 Å². The first-order valence-electron chi connectivity index (χ1n) is 7.00. The number of piperidine rings is 1. The highest BCUT2D eigenvalue weighted by atomic mass is 16.2. The highest BCUT2D eigenvalue weighted by Gasteiger charge is 2.13. The van der Waals surface area contributed by atoms with Gasteiger partial charge in [0, 0.05) is 30.9 Å². The van der Waals surface area contributed by atoms with Crippen LogP contribution in [0.25, 0.3) is 0 Å². The molecule has 0 atom stereocenters. The smallest absolute Gasteiger partial charge is 0.248 e. The van der Waals surface area contributed by atoms with Gasteiger partial charge in [-0.05, 0) is 43.9 Å². The average Bonchev–Trinajstić information content (AvgIpc) is 2.46. The molecule has 1 aromatic carbocycles. The van der Waals surface area contributed by atoms with Gasteiger partial charge in [0.05, 0.1) is 0 Å². The summed E-state index contributed by atoms with van der Waals surface area (Å²) in [6.07, 6.45) is 5.95. The van der Waals surface area contributed by atoms with Gasteiger partial charge in [0.2, 0.25) is 11.8 Å². The molecule has 1 aliphatic heterocycles. The molecule has 1 fully saturated rings. The summed E-state index contributed by atoms with van der Waals surface area (Å²) in [5.74, 6) is -0.356. The third kappa shape index (κ3) is 4.23. The average molecular weight is 272 g/mol. The van der Waals surface area contributed by atoms with Crippen LogP contribution < -0.4 is 5.32 Å². The van der Waals surface area contributed by atoms with E-state index in [0.29, 0.717) is 0 Å². The zero-order chi connectivity index (χ0) is 14.4. The second kappa shape index (κ2) is 6.89. The minimum Gasteiger partial charge on any atom is -0.339 e. The van der Waals surface area contributed by atoms with E-state index in [1.165, 1.54) is 18.6 Å². The Bertz CT molecular complexity index is 517. The summed E-state index contributed by atoms with van der Waals surface area (Å²) in [4.78, 5) is 25.4. The van der Waals surface area contributed by atoms with Crippen LogP contribution in [0.3, 0.4) is 0 Å². The topological polar surface area (TPSA) is 49.4 Å². The summed E-state index contributed by atoms with van der Waals surface area (Å²) in [5.41, 5.74) is 1.82. The number of likely N-dealkylation sites (tertiary alicyclic amines) is 1. The van der Waals surface area contributed by atoms with E-state index in [2.05, 4.69) is 5.32 Å². The fraction of sp³-hybridized carbons (Fsp3) is 0.375. The molecule has 4 nitrogen and oxygen atoms in total. The molecular weight excluding hydrogens is 252 g/mol. The zero-order valence-electron chi connectivity index (χ0n) is 11.8. The molecule has 0 saturated carbocycles. The molecule has 0 aromatic heterocycles. The van der Waals surface area contributed by atoms with E-state index in [4.69, 9.17) is 0 Å². The Labute approximate surface area is 119 Å². The van der Waals surface area contributed by atoms with E-state index in [1.54, 1.807) is 4.90 Å². The summed E-state index contributed by atoms with van der Waals surface area (Å²) in [6, 6.07) is 7.56. The van der Waals surface area contributed by atoms with Crippen molar-refractivity contribution in [3.63, 3.8) is 0 Å². The number of aryl methyl sites for hydroxylation is 1. The fourth-order valence-corrected chi connectivity index (χ4v) is 2.27. The van der Waals surface area contributed by atoms with Crippen molar-refractivity contribution < 1.29 is 9.59 Å². The van der Waals surface area contributed by atoms with E-state index in [-0.39, 0.29) is 11.8 Å². The number of benzene rings is 1. The molecule has 0 radical (unpaired) electrons. The molecule has 1 saturated heterocycles. The van der Waals surface area contributed by atoms with Gasteiger partial charge < -0.3 is 10.2 Å². The lowest BCUT2D eigenvalue weighted by Gasteiger charge is -2.25. The van der Waals surface area contributed by atoms with E-state index >= 15 is 0 Å². The normalized spacial score (nSPS) is 15.3. The Balaban J connectivity index is 1.87. The van der Waals surface area contributed by atoms with Gasteiger partial charge in [0.15, 0.2) is 0 Å². The molecule has 1 aromatic rings. The maximum atomic E-state index is 11.9. The quantitative estimate of drug-likeness (QED) is 0.859. The summed E-state index contributed by atoms with van der Waals surface area (Å²) in [5, 5.41) is 2.74. The Kier molecular flexibility index (Phi) is 4.93. The minimum absolute atomic E-state index is 0.0795. The van der Waals surface area contributed by atoms with Crippen LogP contribution in [0.1, 0.15) is 24.8 Å². The number of nitrogens with one attached hydrogen (secondary N) is 1. The van der Waals surface area contributed by atoms with Gasteiger partial charge >= 0.3 is 0 Å². The van der Waals surface area contributed by atoms with Gasteiger partial charge in [0.1, 0.15) is 0 Å². The lowest BCUT2D eigenvalue weighted by Crippen LogP contribution is -2.34. The van der Waals surface area contributed by atoms with Crippen molar-refractivity contribution in [3.8, 4) is 0 Å². The fourth-order valence-electron chi connectivity index (χ4n) is 2.27. The number of hydrogen-bond donors (Lipinski definition) is 1. The molecule has 2 amide bonds. The number of nitrogens with zero attached hydrogens (tertiary/aromatic N) is 1. The summed E-state index contributed by atoms with van der Waals surface area (Å²) < 4.78 is 0. The Morgan fingerprint density at radius 1 is 1.15 bits per heavy atom. The lowest BCUT2D eigenvalue weighted by molar-refractivity contribution is -0.127. The lowest BCUT2D eigenvalue weighted by atomic mass is 10.1. The number of hydrogen-bond acceptors (Lipinski definition) is 2. The van der Waals surface area contributed by atoms with Crippen molar-refractivity contribution in [1.29, 1.82) is 0 Å². The van der Waals surface area contributed by atoms with Gasteiger partial charge in [-0.2, -0.15) is 0 Å². The first-order chi connectivity index (χ1) is 9.65. The maximum Gasteiger partial charge on any atom is 0.248 e. The molecule has 20 heavy (non-hydrogen) atoms. The molecule has 106 valence electrons. The Hall–Kier alpha value is -2.10. The van der Waals surface area contributed by atoms with Crippen LogP contribution in [0.5, 0.6) is 0 Å². The Morgan fingerprint density at radius 3 is 2.60 bits per heavy atom. The van der Waals surface area contributed by atoms with E-state index in [0.717, 1.165) is 37.2 Å². The highest BCUT2D eigenvalue weighted by Crippen LogP contribution is 2.10. The van der Waals surface area contributed by atoms with Gasteiger partial charge in [0.25, 0.3) is 0 Å². The third-order valence-corrected chi connectivity index (χ3v) is 3.33. The molecule has 0 unspecified atom stereocenters. The molecule has 4 heteroatoms. The SMILES string of the molecule is Cc1cccc(NC(=O)C=CC(=O)N2CCCCC2)c1. The zero-order valence-corrected chi connectivity index (χ0v) is 11.8. The van der Waals surface area contributed by atoms with E-state index in [1.807, 2.05) is 31.2 Å². The summed E-state index contributed by atoms with van der Waals surface area (Å²) in [7, 11) is 0. The van der Waals surface area contributed by atoms with E-state index in [9.17, 15) is 9.59 Å². The predicted octanol–water partition coefficient (Wildman–Crippen LogP) is 2.50. The molecule has 0 bridgehead atoms. The molecular formula is C16H20N2O2. The standard InChI is InChI=1S/C16H20N2O2/c1-13-6-5-7-14(12-13)17-15(19)8-9-16(20)18-10-3-2-4-11-18/h5-9,12H,2-4,10-11H2,1H3,(H,17,19). The number of carbonyl (C=O) groups excluding carboxylic acids is 2. The number of amides is 2. The first kappa shape index (κ1) is 14.3. The van der Waals surface area contributed by atoms with Crippen LogP contribution >= 0.6 is 0 Å². The Morgan fingerprint density at radius 2 is 1.90 bits per heavy atom. The monoisotopic (exact) mass is 272 g/mol. The minimum atomic E-state index is -0.277. The number of rotatable bonds is 3. The van der Waals surface area contributed by atoms with Crippen LogP contribution in [0, 0.1) is 6.92 Å². The van der Waals surface area contributed by atoms with Crippen LogP contribution in [-0.4, -0.2) is 29.8 Å². The van der Waals surface area contributed by atoms with E-state index < -0.39 is 0 Å². The second-order valence-corrected chi connectivity index (χ2v) is 5.08. The third-order valence-electron chi connectivity index (χ3n) is 3.33. The number of carbonyl (C=O) groups is 2. The summed E-state index contributed by atoms with van der Waals surface area (Å²) in [6.45, 7) is 3.55. The van der Waals surface area contributed by atoms with Crippen molar-refractivity contribution in [2.75, 3.05) is 18.4 Å². The van der Waals surface area contributed by atoms with Crippen molar-refractivity contribution in [3.05, 3.63) is 42.0 Å². The van der Waals surface area contributed by atoms with Crippen LogP contribution in [-0.2, 0) is 9.59 Å². The van der Waals surface area contributed by atoms with Crippen molar-refractivity contribution in [1.82, 2.24) is 4.90 Å². The first-order valence-corrected chi connectivity index (χ1v) is 7.00. The van der Waals surface area contributed by atoms with Crippen LogP contribution in [0.4, 0.5) is 5.69 Å². The molecule has 1 N–H and O–H groups in total. The largest absolute Gasteiger partial charge is 0.339 e. The second-order valence-electron chi connectivity index (χ2n) is 5.08.